The van der Waals surface area contributed by atoms with E-state index in [0.717, 1.165) is 35.4 Å². The van der Waals surface area contributed by atoms with E-state index in [9.17, 15) is 4.79 Å². The summed E-state index contributed by atoms with van der Waals surface area (Å²) >= 11 is 0. The van der Waals surface area contributed by atoms with Gasteiger partial charge in [-0.25, -0.2) is 4.98 Å². The quantitative estimate of drug-likeness (QED) is 0.587. The Labute approximate surface area is 182 Å². The van der Waals surface area contributed by atoms with Gasteiger partial charge in [0.25, 0.3) is 5.91 Å². The lowest BCUT2D eigenvalue weighted by Gasteiger charge is -2.32. The van der Waals surface area contributed by atoms with Crippen molar-refractivity contribution in [3.8, 4) is 0 Å². The van der Waals surface area contributed by atoms with Gasteiger partial charge in [0.15, 0.2) is 0 Å². The van der Waals surface area contributed by atoms with Gasteiger partial charge in [0, 0.05) is 57.5 Å². The number of morpholine rings is 1. The van der Waals surface area contributed by atoms with E-state index in [1.54, 1.807) is 7.11 Å². The fourth-order valence-electron chi connectivity index (χ4n) is 3.98. The third-order valence-corrected chi connectivity index (χ3v) is 5.56. The number of rotatable bonds is 7. The highest BCUT2D eigenvalue weighted by molar-refractivity contribution is 6.06. The van der Waals surface area contributed by atoms with E-state index < -0.39 is 0 Å². The smallest absolute Gasteiger partial charge is 0.252 e. The van der Waals surface area contributed by atoms with Crippen LogP contribution in [0.3, 0.4) is 0 Å². The third-order valence-electron chi connectivity index (χ3n) is 5.56. The molecule has 2 aromatic heterocycles. The summed E-state index contributed by atoms with van der Waals surface area (Å²) in [4.78, 5) is 20.0. The monoisotopic (exact) mass is 423 g/mol. The number of ether oxygens (including phenoxy) is 2. The van der Waals surface area contributed by atoms with Crippen molar-refractivity contribution in [2.24, 2.45) is 7.05 Å². The maximum atomic E-state index is 12.9. The van der Waals surface area contributed by atoms with Gasteiger partial charge in [-0.1, -0.05) is 18.2 Å². The number of para-hydroxylation sites is 1. The number of benzene rings is 1. The van der Waals surface area contributed by atoms with E-state index in [0.29, 0.717) is 31.9 Å². The molecule has 0 aliphatic carbocycles. The second-order valence-electron chi connectivity index (χ2n) is 7.87. The van der Waals surface area contributed by atoms with Crippen molar-refractivity contribution in [2.45, 2.75) is 19.6 Å². The van der Waals surface area contributed by atoms with Crippen LogP contribution in [0.4, 0.5) is 0 Å². The number of aromatic nitrogens is 3. The Balaban J connectivity index is 1.58. The summed E-state index contributed by atoms with van der Waals surface area (Å²) in [5.41, 5.74) is 4.45. The lowest BCUT2D eigenvalue weighted by molar-refractivity contribution is -0.0349. The molecule has 8 nitrogen and oxygen atoms in total. The lowest BCUT2D eigenvalue weighted by atomic mass is 10.0. The third kappa shape index (κ3) is 4.92. The Morgan fingerprint density at radius 2 is 2.19 bits per heavy atom. The number of fused-ring (bicyclic) bond motifs is 1. The second-order valence-corrected chi connectivity index (χ2v) is 7.87. The molecule has 1 atom stereocenters. The zero-order valence-electron chi connectivity index (χ0n) is 18.3. The molecule has 1 N–H and O–H groups in total. The van der Waals surface area contributed by atoms with Crippen molar-refractivity contribution in [1.29, 1.82) is 0 Å². The summed E-state index contributed by atoms with van der Waals surface area (Å²) in [6.07, 6.45) is 1.87. The van der Waals surface area contributed by atoms with E-state index in [1.165, 1.54) is 5.56 Å². The van der Waals surface area contributed by atoms with Crippen LogP contribution in [0.25, 0.3) is 10.9 Å². The number of aryl methyl sites for hydroxylation is 2. The number of nitrogens with zero attached hydrogens (tertiary/aromatic N) is 4. The van der Waals surface area contributed by atoms with Crippen LogP contribution in [0.1, 0.15) is 33.4 Å². The molecule has 164 valence electrons. The Hall–Kier alpha value is -2.81. The maximum absolute atomic E-state index is 12.9. The van der Waals surface area contributed by atoms with Crippen LogP contribution >= 0.6 is 0 Å². The first-order chi connectivity index (χ1) is 15.0. The van der Waals surface area contributed by atoms with Crippen molar-refractivity contribution < 1.29 is 14.3 Å². The predicted octanol–water partition coefficient (Wildman–Crippen LogP) is 2.23. The average Bonchev–Trinajstić information content (AvgIpc) is 3.09. The number of methoxy groups -OCH3 is 1. The van der Waals surface area contributed by atoms with Gasteiger partial charge in [0.05, 0.1) is 35.7 Å². The minimum absolute atomic E-state index is 0.129. The van der Waals surface area contributed by atoms with Gasteiger partial charge in [0.1, 0.15) is 6.10 Å². The zero-order chi connectivity index (χ0) is 21.8. The molecule has 31 heavy (non-hydrogen) atoms. The van der Waals surface area contributed by atoms with E-state index in [-0.39, 0.29) is 12.0 Å². The Morgan fingerprint density at radius 3 is 2.97 bits per heavy atom. The van der Waals surface area contributed by atoms with Crippen molar-refractivity contribution >= 4 is 16.8 Å². The first-order valence-electron chi connectivity index (χ1n) is 10.5. The number of hydrogen-bond acceptors (Lipinski definition) is 6. The number of nitrogens with one attached hydrogen (secondary N) is 1. The molecule has 0 saturated carbocycles. The van der Waals surface area contributed by atoms with E-state index in [1.807, 2.05) is 49.0 Å². The lowest BCUT2D eigenvalue weighted by Crippen LogP contribution is -2.38. The van der Waals surface area contributed by atoms with Gasteiger partial charge >= 0.3 is 0 Å². The van der Waals surface area contributed by atoms with Crippen molar-refractivity contribution in [3.05, 3.63) is 59.0 Å². The van der Waals surface area contributed by atoms with Crippen LogP contribution in [0.2, 0.25) is 0 Å². The molecule has 1 fully saturated rings. The van der Waals surface area contributed by atoms with Crippen LogP contribution in [-0.2, 0) is 23.1 Å². The van der Waals surface area contributed by atoms with E-state index in [2.05, 4.69) is 21.5 Å². The summed E-state index contributed by atoms with van der Waals surface area (Å²) in [7, 11) is 3.56. The van der Waals surface area contributed by atoms with Crippen molar-refractivity contribution in [2.75, 3.05) is 40.0 Å². The SMILES string of the molecule is COCCNC(=O)c1cc(C2CN(Cc3cn(C)nc3C)CCO2)nc2ccccc12. The molecular formula is C23H29N5O3. The highest BCUT2D eigenvalue weighted by Gasteiger charge is 2.25. The Bertz CT molecular complexity index is 1060. The molecule has 0 bridgehead atoms. The first-order valence-corrected chi connectivity index (χ1v) is 10.5. The number of pyridine rings is 1. The number of carbonyl (C=O) groups is 1. The average molecular weight is 424 g/mol. The molecule has 3 aromatic rings. The van der Waals surface area contributed by atoms with Crippen molar-refractivity contribution in [3.63, 3.8) is 0 Å². The minimum atomic E-state index is -0.194. The maximum Gasteiger partial charge on any atom is 0.252 e. The van der Waals surface area contributed by atoms with Gasteiger partial charge in [-0.2, -0.15) is 5.10 Å². The van der Waals surface area contributed by atoms with Crippen LogP contribution in [0.15, 0.2) is 36.5 Å². The Kier molecular flexibility index (Phi) is 6.60. The van der Waals surface area contributed by atoms with Gasteiger partial charge in [-0.15, -0.1) is 0 Å². The van der Waals surface area contributed by atoms with Crippen LogP contribution in [0, 0.1) is 6.92 Å². The van der Waals surface area contributed by atoms with Crippen LogP contribution < -0.4 is 5.32 Å². The van der Waals surface area contributed by atoms with Crippen LogP contribution in [-0.4, -0.2) is 65.5 Å². The normalized spacial score (nSPS) is 17.2. The number of carbonyl (C=O) groups excluding carboxylic acids is 1. The molecule has 1 unspecified atom stereocenters. The minimum Gasteiger partial charge on any atom is -0.383 e. The number of amides is 1. The molecule has 8 heteroatoms. The molecule has 1 aliphatic rings. The molecule has 1 amide bonds. The highest BCUT2D eigenvalue weighted by atomic mass is 16.5. The second kappa shape index (κ2) is 9.55. The highest BCUT2D eigenvalue weighted by Crippen LogP contribution is 2.27. The Morgan fingerprint density at radius 1 is 1.35 bits per heavy atom. The largest absolute Gasteiger partial charge is 0.383 e. The fourth-order valence-corrected chi connectivity index (χ4v) is 3.98. The molecule has 1 aromatic carbocycles. The summed E-state index contributed by atoms with van der Waals surface area (Å²) in [6.45, 7) is 5.96. The summed E-state index contributed by atoms with van der Waals surface area (Å²) in [6, 6.07) is 9.59. The number of hydrogen-bond donors (Lipinski definition) is 1. The van der Waals surface area contributed by atoms with Gasteiger partial charge in [-0.05, 0) is 19.1 Å². The zero-order valence-corrected chi connectivity index (χ0v) is 18.3. The summed E-state index contributed by atoms with van der Waals surface area (Å²) < 4.78 is 13.0. The molecule has 4 rings (SSSR count). The van der Waals surface area contributed by atoms with E-state index >= 15 is 0 Å². The molecule has 0 spiro atoms. The van der Waals surface area contributed by atoms with Crippen LogP contribution in [0.5, 0.6) is 0 Å². The first kappa shape index (κ1) is 21.4. The van der Waals surface area contributed by atoms with Gasteiger partial charge < -0.3 is 14.8 Å². The predicted molar refractivity (Wildman–Crippen MR) is 118 cm³/mol. The fraction of sp³-hybridized carbons (Fsp3) is 0.435. The molecule has 0 radical (unpaired) electrons. The van der Waals surface area contributed by atoms with Gasteiger partial charge in [0.2, 0.25) is 0 Å². The standard InChI is InChI=1S/C23H29N5O3/c1-16-17(13-27(2)26-16)14-28-9-11-31-22(15-28)21-12-19(23(29)24-8-10-30-3)18-6-4-5-7-20(18)25-21/h4-7,12-13,22H,8-11,14-15H2,1-3H3,(H,24,29). The van der Waals surface area contributed by atoms with Crippen molar-refractivity contribution in [1.82, 2.24) is 25.0 Å². The van der Waals surface area contributed by atoms with E-state index in [4.69, 9.17) is 14.5 Å². The summed E-state index contributed by atoms with van der Waals surface area (Å²) in [5.74, 6) is -0.129. The topological polar surface area (TPSA) is 81.5 Å². The molecule has 1 aliphatic heterocycles. The molecule has 1 saturated heterocycles. The molecular weight excluding hydrogens is 394 g/mol. The summed E-state index contributed by atoms with van der Waals surface area (Å²) in [5, 5.41) is 8.20. The van der Waals surface area contributed by atoms with Gasteiger partial charge in [-0.3, -0.25) is 14.4 Å². The molecule has 3 heterocycles.